The third-order valence-electron chi connectivity index (χ3n) is 1.28. The summed E-state index contributed by atoms with van der Waals surface area (Å²) in [6, 6.07) is 0. The second-order valence-electron chi connectivity index (χ2n) is 2.10. The Morgan fingerprint density at radius 3 is 3.08 bits per heavy atom. The minimum absolute atomic E-state index is 0.000995. The first-order chi connectivity index (χ1) is 5.75. The van der Waals surface area contributed by atoms with Crippen LogP contribution in [0.5, 0.6) is 0 Å². The summed E-state index contributed by atoms with van der Waals surface area (Å²) < 4.78 is 0.782. The van der Waals surface area contributed by atoms with Crippen LogP contribution in [-0.4, -0.2) is 10.8 Å². The average Bonchev–Trinajstić information content (AvgIpc) is 2.47. The van der Waals surface area contributed by atoms with E-state index in [1.807, 2.05) is 0 Å². The number of thiazole rings is 1. The Bertz CT molecular complexity index is 326. The van der Waals surface area contributed by atoms with Crippen LogP contribution in [-0.2, 0) is 0 Å². The molecule has 0 fully saturated rings. The van der Waals surface area contributed by atoms with Crippen molar-refractivity contribution in [3.8, 4) is 12.3 Å². The molecule has 0 bridgehead atoms. The molecule has 12 heavy (non-hydrogen) atoms. The Balaban J connectivity index is 2.67. The minimum atomic E-state index is 0.000995. The maximum Gasteiger partial charge on any atom is 0.184 e. The summed E-state index contributed by atoms with van der Waals surface area (Å²) in [7, 11) is 0. The van der Waals surface area contributed by atoms with Gasteiger partial charge in [0, 0.05) is 12.8 Å². The number of Topliss-reactive ketones (excluding diaryl/α,β-unsaturated/α-hetero) is 1. The number of carbonyl (C=O) groups is 1. The van der Waals surface area contributed by atoms with Crippen molar-refractivity contribution < 1.29 is 4.79 Å². The Morgan fingerprint density at radius 1 is 1.83 bits per heavy atom. The maximum absolute atomic E-state index is 11.3. The normalized spacial score (nSPS) is 9.33. The molecule has 0 aromatic carbocycles. The van der Waals surface area contributed by atoms with Crippen LogP contribution in [0.2, 0.25) is 0 Å². The van der Waals surface area contributed by atoms with Gasteiger partial charge in [-0.05, 0) is 15.9 Å². The van der Waals surface area contributed by atoms with Crippen LogP contribution in [0.1, 0.15) is 23.3 Å². The van der Waals surface area contributed by atoms with E-state index in [1.165, 1.54) is 11.3 Å². The molecule has 2 nitrogen and oxygen atoms in total. The van der Waals surface area contributed by atoms with E-state index in [0.29, 0.717) is 18.5 Å². The van der Waals surface area contributed by atoms with Gasteiger partial charge >= 0.3 is 0 Å². The van der Waals surface area contributed by atoms with E-state index in [1.54, 1.807) is 5.51 Å². The first kappa shape index (κ1) is 9.43. The monoisotopic (exact) mass is 243 g/mol. The predicted octanol–water partition coefficient (Wildman–Crippen LogP) is 2.50. The zero-order valence-electron chi connectivity index (χ0n) is 6.21. The summed E-state index contributed by atoms with van der Waals surface area (Å²) >= 11 is 4.64. The first-order valence-electron chi connectivity index (χ1n) is 3.31. The molecule has 0 aliphatic rings. The standard InChI is InChI=1S/C8H6BrNOS/c1-2-3-4-6(11)7-8(9)12-5-10-7/h1,5H,3-4H2. The molecule has 1 aromatic rings. The summed E-state index contributed by atoms with van der Waals surface area (Å²) in [5.41, 5.74) is 2.13. The van der Waals surface area contributed by atoms with Crippen LogP contribution in [0.4, 0.5) is 0 Å². The van der Waals surface area contributed by atoms with Gasteiger partial charge in [-0.25, -0.2) is 4.98 Å². The van der Waals surface area contributed by atoms with E-state index in [4.69, 9.17) is 6.42 Å². The number of ketones is 1. The van der Waals surface area contributed by atoms with Crippen molar-refractivity contribution in [2.24, 2.45) is 0 Å². The molecular formula is C8H6BrNOS. The number of halogens is 1. The lowest BCUT2D eigenvalue weighted by molar-refractivity contribution is 0.0979. The van der Waals surface area contributed by atoms with E-state index < -0.39 is 0 Å². The van der Waals surface area contributed by atoms with Crippen LogP contribution in [0.3, 0.4) is 0 Å². The lowest BCUT2D eigenvalue weighted by Crippen LogP contribution is -1.98. The molecule has 0 saturated heterocycles. The lowest BCUT2D eigenvalue weighted by atomic mass is 10.2. The van der Waals surface area contributed by atoms with Crippen molar-refractivity contribution in [1.82, 2.24) is 4.98 Å². The highest BCUT2D eigenvalue weighted by Gasteiger charge is 2.11. The number of rotatable bonds is 3. The molecule has 0 atom stereocenters. The van der Waals surface area contributed by atoms with Crippen molar-refractivity contribution in [1.29, 1.82) is 0 Å². The van der Waals surface area contributed by atoms with Gasteiger partial charge in [0.25, 0.3) is 0 Å². The highest BCUT2D eigenvalue weighted by atomic mass is 79.9. The predicted molar refractivity (Wildman–Crippen MR) is 52.2 cm³/mol. The lowest BCUT2D eigenvalue weighted by Gasteiger charge is -1.92. The van der Waals surface area contributed by atoms with E-state index in [-0.39, 0.29) is 5.78 Å². The number of aromatic nitrogens is 1. The summed E-state index contributed by atoms with van der Waals surface area (Å²) in [4.78, 5) is 15.2. The molecule has 0 spiro atoms. The van der Waals surface area contributed by atoms with Gasteiger partial charge in [0.15, 0.2) is 5.78 Å². The molecule has 0 unspecified atom stereocenters. The van der Waals surface area contributed by atoms with Gasteiger partial charge in [0.05, 0.1) is 5.51 Å². The average molecular weight is 244 g/mol. The zero-order chi connectivity index (χ0) is 8.97. The van der Waals surface area contributed by atoms with E-state index in [0.717, 1.165) is 3.79 Å². The van der Waals surface area contributed by atoms with Gasteiger partial charge in [-0.15, -0.1) is 23.7 Å². The number of hydrogen-bond acceptors (Lipinski definition) is 3. The first-order valence-corrected chi connectivity index (χ1v) is 4.98. The molecule has 1 rings (SSSR count). The zero-order valence-corrected chi connectivity index (χ0v) is 8.61. The van der Waals surface area contributed by atoms with E-state index in [2.05, 4.69) is 26.8 Å². The Morgan fingerprint density at radius 2 is 2.58 bits per heavy atom. The minimum Gasteiger partial charge on any atom is -0.292 e. The van der Waals surface area contributed by atoms with Crippen LogP contribution >= 0.6 is 27.3 Å². The molecule has 0 N–H and O–H groups in total. The van der Waals surface area contributed by atoms with Gasteiger partial charge in [0.1, 0.15) is 9.48 Å². The summed E-state index contributed by atoms with van der Waals surface area (Å²) in [5, 5.41) is 0. The fourth-order valence-electron chi connectivity index (χ4n) is 0.718. The SMILES string of the molecule is C#CCCC(=O)c1ncsc1Br. The van der Waals surface area contributed by atoms with Crippen LogP contribution in [0.25, 0.3) is 0 Å². The second-order valence-corrected chi connectivity index (χ2v) is 4.27. The number of terminal acetylenes is 1. The van der Waals surface area contributed by atoms with Gasteiger partial charge in [-0.3, -0.25) is 4.79 Å². The van der Waals surface area contributed by atoms with E-state index >= 15 is 0 Å². The second kappa shape index (κ2) is 4.39. The highest BCUT2D eigenvalue weighted by Crippen LogP contribution is 2.21. The van der Waals surface area contributed by atoms with Crippen molar-refractivity contribution in [3.05, 3.63) is 15.0 Å². The van der Waals surface area contributed by atoms with Crippen molar-refractivity contribution >= 4 is 33.0 Å². The highest BCUT2D eigenvalue weighted by molar-refractivity contribution is 9.11. The Hall–Kier alpha value is -0.660. The molecule has 62 valence electrons. The van der Waals surface area contributed by atoms with E-state index in [9.17, 15) is 4.79 Å². The van der Waals surface area contributed by atoms with Crippen LogP contribution in [0, 0.1) is 12.3 Å². The molecule has 0 radical (unpaired) electrons. The molecule has 4 heteroatoms. The third kappa shape index (κ3) is 2.16. The Kier molecular flexibility index (Phi) is 3.45. The largest absolute Gasteiger partial charge is 0.292 e. The fraction of sp³-hybridized carbons (Fsp3) is 0.250. The van der Waals surface area contributed by atoms with Gasteiger partial charge in [0.2, 0.25) is 0 Å². The molecule has 0 aliphatic heterocycles. The number of carbonyl (C=O) groups excluding carboxylic acids is 1. The molecule has 0 amide bonds. The number of nitrogens with zero attached hydrogens (tertiary/aromatic N) is 1. The smallest absolute Gasteiger partial charge is 0.184 e. The van der Waals surface area contributed by atoms with Gasteiger partial charge in [-0.2, -0.15) is 0 Å². The van der Waals surface area contributed by atoms with Crippen LogP contribution < -0.4 is 0 Å². The summed E-state index contributed by atoms with van der Waals surface area (Å²) in [6.45, 7) is 0. The summed E-state index contributed by atoms with van der Waals surface area (Å²) in [5.74, 6) is 2.42. The maximum atomic E-state index is 11.3. The molecule has 0 aliphatic carbocycles. The van der Waals surface area contributed by atoms with Crippen molar-refractivity contribution in [3.63, 3.8) is 0 Å². The fourth-order valence-corrected chi connectivity index (χ4v) is 1.82. The quantitative estimate of drug-likeness (QED) is 0.604. The van der Waals surface area contributed by atoms with Gasteiger partial charge in [-0.1, -0.05) is 0 Å². The molecule has 0 saturated carbocycles. The molecular weight excluding hydrogens is 238 g/mol. The number of hydrogen-bond donors (Lipinski definition) is 0. The van der Waals surface area contributed by atoms with Crippen molar-refractivity contribution in [2.75, 3.05) is 0 Å². The summed E-state index contributed by atoms with van der Waals surface area (Å²) in [6.07, 6.45) is 5.89. The topological polar surface area (TPSA) is 30.0 Å². The van der Waals surface area contributed by atoms with Crippen LogP contribution in [0.15, 0.2) is 9.30 Å². The Labute approximate surface area is 83.1 Å². The van der Waals surface area contributed by atoms with Crippen molar-refractivity contribution in [2.45, 2.75) is 12.8 Å². The third-order valence-corrected chi connectivity index (χ3v) is 2.83. The molecule has 1 heterocycles. The van der Waals surface area contributed by atoms with Gasteiger partial charge < -0.3 is 0 Å². The molecule has 1 aromatic heterocycles.